The van der Waals surface area contributed by atoms with E-state index in [0.717, 1.165) is 36.6 Å². The van der Waals surface area contributed by atoms with Gasteiger partial charge in [-0.25, -0.2) is 0 Å². The third-order valence-electron chi connectivity index (χ3n) is 3.05. The molecule has 1 aromatic rings. The molecule has 2 atom stereocenters. The van der Waals surface area contributed by atoms with Crippen LogP contribution in [0.15, 0.2) is 0 Å². The minimum Gasteiger partial charge on any atom is -0.389 e. The topological polar surface area (TPSA) is 47.3 Å². The molecule has 0 radical (unpaired) electrons. The minimum absolute atomic E-state index is 0.344. The molecule has 1 aliphatic rings. The van der Waals surface area contributed by atoms with Gasteiger partial charge in [-0.15, -0.1) is 0 Å². The standard InChI is InChI=1S/C11H18N2O2/c1-7-11(9(3)14)8(2)13(12-7)10-4-5-15-6-10/h9-10,14H,4-6H2,1-3H3. The van der Waals surface area contributed by atoms with Crippen LogP contribution in [0.3, 0.4) is 0 Å². The maximum Gasteiger partial charge on any atom is 0.0797 e. The van der Waals surface area contributed by atoms with Crippen molar-refractivity contribution < 1.29 is 9.84 Å². The third-order valence-corrected chi connectivity index (χ3v) is 3.05. The average Bonchev–Trinajstić information content (AvgIpc) is 2.72. The lowest BCUT2D eigenvalue weighted by Crippen LogP contribution is -2.12. The summed E-state index contributed by atoms with van der Waals surface area (Å²) in [5.41, 5.74) is 2.95. The van der Waals surface area contributed by atoms with Crippen LogP contribution in [-0.2, 0) is 4.74 Å². The van der Waals surface area contributed by atoms with Gasteiger partial charge in [-0.2, -0.15) is 5.10 Å². The molecule has 0 saturated carbocycles. The normalized spacial score (nSPS) is 23.3. The number of nitrogens with zero attached hydrogens (tertiary/aromatic N) is 2. The summed E-state index contributed by atoms with van der Waals surface area (Å²) < 4.78 is 7.36. The number of aryl methyl sites for hydroxylation is 1. The summed E-state index contributed by atoms with van der Waals surface area (Å²) in [5.74, 6) is 0. The third kappa shape index (κ3) is 1.79. The molecule has 0 amide bonds. The van der Waals surface area contributed by atoms with Crippen molar-refractivity contribution in [3.63, 3.8) is 0 Å². The zero-order valence-electron chi connectivity index (χ0n) is 9.53. The Morgan fingerprint density at radius 2 is 2.27 bits per heavy atom. The van der Waals surface area contributed by atoms with E-state index in [2.05, 4.69) is 5.10 Å². The summed E-state index contributed by atoms with van der Waals surface area (Å²) in [6.45, 7) is 7.29. The average molecular weight is 210 g/mol. The van der Waals surface area contributed by atoms with E-state index in [1.165, 1.54) is 0 Å². The van der Waals surface area contributed by atoms with Crippen LogP contribution in [-0.4, -0.2) is 28.1 Å². The Kier molecular flexibility index (Phi) is 2.80. The molecule has 2 heterocycles. The molecule has 0 spiro atoms. The molecule has 1 N–H and O–H groups in total. The first-order valence-corrected chi connectivity index (χ1v) is 5.42. The van der Waals surface area contributed by atoms with Gasteiger partial charge in [0.15, 0.2) is 0 Å². The molecule has 2 unspecified atom stereocenters. The Morgan fingerprint density at radius 1 is 1.53 bits per heavy atom. The fourth-order valence-electron chi connectivity index (χ4n) is 2.35. The van der Waals surface area contributed by atoms with Crippen molar-refractivity contribution in [3.8, 4) is 0 Å². The fourth-order valence-corrected chi connectivity index (χ4v) is 2.35. The monoisotopic (exact) mass is 210 g/mol. The summed E-state index contributed by atoms with van der Waals surface area (Å²) in [7, 11) is 0. The van der Waals surface area contributed by atoms with Crippen molar-refractivity contribution in [2.75, 3.05) is 13.2 Å². The van der Waals surface area contributed by atoms with Crippen molar-refractivity contribution in [2.45, 2.75) is 39.3 Å². The Morgan fingerprint density at radius 3 is 2.73 bits per heavy atom. The Labute approximate surface area is 89.9 Å². The molecular weight excluding hydrogens is 192 g/mol. The Hall–Kier alpha value is -0.870. The molecule has 1 saturated heterocycles. The molecule has 0 aromatic carbocycles. The number of ether oxygens (including phenoxy) is 1. The molecule has 0 bridgehead atoms. The second kappa shape index (κ2) is 3.94. The van der Waals surface area contributed by atoms with Gasteiger partial charge in [-0.1, -0.05) is 0 Å². The smallest absolute Gasteiger partial charge is 0.0797 e. The SMILES string of the molecule is Cc1nn(C2CCOC2)c(C)c1C(C)O. The lowest BCUT2D eigenvalue weighted by molar-refractivity contribution is 0.183. The highest BCUT2D eigenvalue weighted by Crippen LogP contribution is 2.26. The van der Waals surface area contributed by atoms with Crippen LogP contribution in [0.25, 0.3) is 0 Å². The van der Waals surface area contributed by atoms with Gasteiger partial charge in [0.25, 0.3) is 0 Å². The van der Waals surface area contributed by atoms with Crippen LogP contribution in [0.4, 0.5) is 0 Å². The number of aliphatic hydroxyl groups is 1. The molecule has 2 rings (SSSR count). The van der Waals surface area contributed by atoms with Crippen LogP contribution in [0.2, 0.25) is 0 Å². The lowest BCUT2D eigenvalue weighted by atomic mass is 10.1. The molecule has 0 aliphatic carbocycles. The first kappa shape index (κ1) is 10.6. The highest BCUT2D eigenvalue weighted by molar-refractivity contribution is 5.27. The van der Waals surface area contributed by atoms with Crippen LogP contribution < -0.4 is 0 Å². The van der Waals surface area contributed by atoms with Crippen molar-refractivity contribution in [3.05, 3.63) is 17.0 Å². The number of hydrogen-bond acceptors (Lipinski definition) is 3. The van der Waals surface area contributed by atoms with E-state index in [-0.39, 0.29) is 0 Å². The van der Waals surface area contributed by atoms with Gasteiger partial charge in [0.1, 0.15) is 0 Å². The molecule has 4 nitrogen and oxygen atoms in total. The van der Waals surface area contributed by atoms with E-state index in [1.807, 2.05) is 18.5 Å². The summed E-state index contributed by atoms with van der Waals surface area (Å²) in [4.78, 5) is 0. The van der Waals surface area contributed by atoms with Crippen molar-refractivity contribution in [1.82, 2.24) is 9.78 Å². The van der Waals surface area contributed by atoms with Gasteiger partial charge in [0.05, 0.1) is 24.4 Å². The van der Waals surface area contributed by atoms with E-state index in [0.29, 0.717) is 6.04 Å². The Bertz CT molecular complexity index is 352. The molecule has 1 aromatic heterocycles. The minimum atomic E-state index is -0.443. The maximum atomic E-state index is 9.66. The van der Waals surface area contributed by atoms with E-state index < -0.39 is 6.10 Å². The van der Waals surface area contributed by atoms with Crippen LogP contribution >= 0.6 is 0 Å². The van der Waals surface area contributed by atoms with Crippen molar-refractivity contribution in [1.29, 1.82) is 0 Å². The highest BCUT2D eigenvalue weighted by Gasteiger charge is 2.23. The predicted octanol–water partition coefficient (Wildman–Crippen LogP) is 1.51. The predicted molar refractivity (Wildman–Crippen MR) is 56.8 cm³/mol. The summed E-state index contributed by atoms with van der Waals surface area (Å²) in [6, 6.07) is 0.344. The second-order valence-electron chi connectivity index (χ2n) is 4.22. The molecular formula is C11H18N2O2. The molecule has 1 aliphatic heterocycles. The number of rotatable bonds is 2. The van der Waals surface area contributed by atoms with E-state index in [9.17, 15) is 5.11 Å². The van der Waals surface area contributed by atoms with Crippen molar-refractivity contribution in [2.24, 2.45) is 0 Å². The van der Waals surface area contributed by atoms with E-state index >= 15 is 0 Å². The lowest BCUT2D eigenvalue weighted by Gasteiger charge is -2.11. The first-order chi connectivity index (χ1) is 7.11. The van der Waals surface area contributed by atoms with Gasteiger partial charge in [-0.3, -0.25) is 4.68 Å². The maximum absolute atomic E-state index is 9.66. The van der Waals surface area contributed by atoms with Crippen LogP contribution in [0.1, 0.15) is 42.4 Å². The summed E-state index contributed by atoms with van der Waals surface area (Å²) in [6.07, 6.45) is 0.572. The largest absolute Gasteiger partial charge is 0.389 e. The number of aliphatic hydroxyl groups excluding tert-OH is 1. The zero-order chi connectivity index (χ0) is 11.0. The van der Waals surface area contributed by atoms with E-state index in [1.54, 1.807) is 6.92 Å². The molecule has 4 heteroatoms. The summed E-state index contributed by atoms with van der Waals surface area (Å²) in [5, 5.41) is 14.1. The quantitative estimate of drug-likeness (QED) is 0.805. The zero-order valence-corrected chi connectivity index (χ0v) is 9.53. The van der Waals surface area contributed by atoms with Crippen LogP contribution in [0, 0.1) is 13.8 Å². The summed E-state index contributed by atoms with van der Waals surface area (Å²) >= 11 is 0. The molecule has 1 fully saturated rings. The van der Waals surface area contributed by atoms with Gasteiger partial charge in [0, 0.05) is 17.9 Å². The molecule has 84 valence electrons. The second-order valence-corrected chi connectivity index (χ2v) is 4.22. The van der Waals surface area contributed by atoms with Gasteiger partial charge < -0.3 is 9.84 Å². The molecule has 15 heavy (non-hydrogen) atoms. The Balaban J connectivity index is 2.36. The first-order valence-electron chi connectivity index (χ1n) is 5.42. The number of hydrogen-bond donors (Lipinski definition) is 1. The fraction of sp³-hybridized carbons (Fsp3) is 0.727. The highest BCUT2D eigenvalue weighted by atomic mass is 16.5. The van der Waals surface area contributed by atoms with Crippen LogP contribution in [0.5, 0.6) is 0 Å². The van der Waals surface area contributed by atoms with Gasteiger partial charge in [-0.05, 0) is 27.2 Å². The van der Waals surface area contributed by atoms with E-state index in [4.69, 9.17) is 4.74 Å². The number of aromatic nitrogens is 2. The van der Waals surface area contributed by atoms with Crippen molar-refractivity contribution >= 4 is 0 Å². The van der Waals surface area contributed by atoms with Gasteiger partial charge >= 0.3 is 0 Å². The van der Waals surface area contributed by atoms with Gasteiger partial charge in [0.2, 0.25) is 0 Å².